The van der Waals surface area contributed by atoms with Crippen LogP contribution in [0.5, 0.6) is 5.75 Å². The molecule has 1 aromatic carbocycles. The van der Waals surface area contributed by atoms with Crippen LogP contribution in [0.3, 0.4) is 0 Å². The number of aromatic nitrogens is 4. The number of allylic oxidation sites excluding steroid dienone is 1. The number of nitrogens with one attached hydrogen (secondary N) is 2. The topological polar surface area (TPSA) is 94.0 Å². The first-order valence-corrected chi connectivity index (χ1v) is 8.40. The maximum Gasteiger partial charge on any atom is 0.255 e. The van der Waals surface area contributed by atoms with Gasteiger partial charge in [0.25, 0.3) is 5.91 Å². The first kappa shape index (κ1) is 16.8. The molecule has 0 bridgehead atoms. The van der Waals surface area contributed by atoms with Crippen molar-refractivity contribution in [2.24, 2.45) is 0 Å². The monoisotopic (exact) mass is 362 g/mol. The van der Waals surface area contributed by atoms with Crippen LogP contribution < -0.4 is 15.4 Å². The van der Waals surface area contributed by atoms with Crippen LogP contribution in [-0.4, -0.2) is 32.8 Å². The molecule has 1 aliphatic rings. The van der Waals surface area contributed by atoms with E-state index in [0.29, 0.717) is 28.7 Å². The molecule has 1 amide bonds. The number of carbonyl (C=O) groups excluding carboxylic acids is 1. The molecule has 3 heterocycles. The van der Waals surface area contributed by atoms with Crippen molar-refractivity contribution in [2.45, 2.75) is 13.0 Å². The summed E-state index contributed by atoms with van der Waals surface area (Å²) in [6, 6.07) is 10.7. The minimum Gasteiger partial charge on any atom is -0.497 e. The Bertz CT molecular complexity index is 1010. The highest BCUT2D eigenvalue weighted by molar-refractivity contribution is 6.05. The van der Waals surface area contributed by atoms with E-state index >= 15 is 0 Å². The molecular weight excluding hydrogens is 344 g/mol. The van der Waals surface area contributed by atoms with E-state index in [0.717, 1.165) is 5.56 Å². The van der Waals surface area contributed by atoms with E-state index in [1.54, 1.807) is 36.3 Å². The number of benzene rings is 1. The highest BCUT2D eigenvalue weighted by atomic mass is 16.5. The third-order valence-electron chi connectivity index (χ3n) is 4.37. The molecule has 3 aromatic rings. The lowest BCUT2D eigenvalue weighted by atomic mass is 9.95. The van der Waals surface area contributed by atoms with Crippen LogP contribution in [-0.2, 0) is 4.79 Å². The fraction of sp³-hybridized carbons (Fsp3) is 0.158. The largest absolute Gasteiger partial charge is 0.497 e. The third kappa shape index (κ3) is 3.12. The Kier molecular flexibility index (Phi) is 4.29. The fourth-order valence-electron chi connectivity index (χ4n) is 3.14. The standard InChI is InChI=1S/C19H18N6O2/c1-12-16(18(26)24-14-6-4-8-20-10-14)17(25-19(23-12)21-11-22-25)13-5-3-7-15(9-13)27-2/h3-11,17H,1-2H3,(H,24,26)(H,21,22,23). The summed E-state index contributed by atoms with van der Waals surface area (Å²) in [6.45, 7) is 1.85. The van der Waals surface area contributed by atoms with Crippen molar-refractivity contribution in [3.63, 3.8) is 0 Å². The van der Waals surface area contributed by atoms with Crippen LogP contribution in [0, 0.1) is 0 Å². The molecule has 1 aliphatic heterocycles. The number of anilines is 2. The van der Waals surface area contributed by atoms with E-state index in [2.05, 4.69) is 25.7 Å². The average Bonchev–Trinajstić information content (AvgIpc) is 3.15. The molecule has 2 N–H and O–H groups in total. The smallest absolute Gasteiger partial charge is 0.255 e. The van der Waals surface area contributed by atoms with Crippen LogP contribution in [0.2, 0.25) is 0 Å². The molecule has 0 saturated carbocycles. The average molecular weight is 362 g/mol. The molecule has 0 fully saturated rings. The molecule has 0 aliphatic carbocycles. The van der Waals surface area contributed by atoms with Crippen LogP contribution in [0.1, 0.15) is 18.5 Å². The molecule has 136 valence electrons. The minimum atomic E-state index is -0.435. The SMILES string of the molecule is COc1cccc(C2C(C(=O)Nc3cccnc3)=C(C)Nc3ncnn32)c1. The number of hydrogen-bond donors (Lipinski definition) is 2. The second kappa shape index (κ2) is 6.91. The normalized spacial score (nSPS) is 15.7. The Morgan fingerprint density at radius 3 is 2.96 bits per heavy atom. The lowest BCUT2D eigenvalue weighted by molar-refractivity contribution is -0.113. The Morgan fingerprint density at radius 1 is 1.30 bits per heavy atom. The van der Waals surface area contributed by atoms with Gasteiger partial charge in [-0.3, -0.25) is 9.78 Å². The number of methoxy groups -OCH3 is 1. The van der Waals surface area contributed by atoms with Gasteiger partial charge in [-0.2, -0.15) is 10.1 Å². The van der Waals surface area contributed by atoms with Crippen molar-refractivity contribution in [1.82, 2.24) is 19.7 Å². The molecule has 4 rings (SSSR count). The zero-order valence-electron chi connectivity index (χ0n) is 14.9. The number of rotatable bonds is 4. The number of fused-ring (bicyclic) bond motifs is 1. The summed E-state index contributed by atoms with van der Waals surface area (Å²) in [7, 11) is 1.61. The Morgan fingerprint density at radius 2 is 2.19 bits per heavy atom. The van der Waals surface area contributed by atoms with Gasteiger partial charge in [-0.15, -0.1) is 0 Å². The quantitative estimate of drug-likeness (QED) is 0.741. The number of nitrogens with zero attached hydrogens (tertiary/aromatic N) is 4. The summed E-state index contributed by atoms with van der Waals surface area (Å²) in [5, 5.41) is 10.4. The lowest BCUT2D eigenvalue weighted by Gasteiger charge is -2.28. The van der Waals surface area contributed by atoms with Gasteiger partial charge in [0.05, 0.1) is 24.6 Å². The maximum atomic E-state index is 13.1. The van der Waals surface area contributed by atoms with Gasteiger partial charge >= 0.3 is 0 Å². The maximum absolute atomic E-state index is 13.1. The second-order valence-electron chi connectivity index (χ2n) is 6.07. The Balaban J connectivity index is 1.78. The summed E-state index contributed by atoms with van der Waals surface area (Å²) in [6.07, 6.45) is 4.72. The van der Waals surface area contributed by atoms with Gasteiger partial charge in [0.15, 0.2) is 0 Å². The summed E-state index contributed by atoms with van der Waals surface area (Å²) in [4.78, 5) is 21.4. The van der Waals surface area contributed by atoms with Gasteiger partial charge in [0.2, 0.25) is 5.95 Å². The zero-order valence-corrected chi connectivity index (χ0v) is 14.9. The second-order valence-corrected chi connectivity index (χ2v) is 6.07. The van der Waals surface area contributed by atoms with E-state index in [4.69, 9.17) is 4.74 Å². The molecule has 8 nitrogen and oxygen atoms in total. The third-order valence-corrected chi connectivity index (χ3v) is 4.37. The Labute approximate surface area is 155 Å². The van der Waals surface area contributed by atoms with E-state index in [1.165, 1.54) is 6.33 Å². The summed E-state index contributed by atoms with van der Waals surface area (Å²) in [5.74, 6) is 1.05. The van der Waals surface area contributed by atoms with Crippen LogP contribution in [0.15, 0.2) is 66.4 Å². The van der Waals surface area contributed by atoms with Gasteiger partial charge in [-0.25, -0.2) is 4.68 Å². The molecule has 8 heteroatoms. The molecule has 27 heavy (non-hydrogen) atoms. The molecule has 1 unspecified atom stereocenters. The number of ether oxygens (including phenoxy) is 1. The lowest BCUT2D eigenvalue weighted by Crippen LogP contribution is -2.31. The van der Waals surface area contributed by atoms with Crippen molar-refractivity contribution in [2.75, 3.05) is 17.7 Å². The number of pyridine rings is 1. The van der Waals surface area contributed by atoms with E-state index in [-0.39, 0.29) is 5.91 Å². The number of carbonyl (C=O) groups is 1. The van der Waals surface area contributed by atoms with Crippen LogP contribution in [0.4, 0.5) is 11.6 Å². The van der Waals surface area contributed by atoms with Crippen LogP contribution >= 0.6 is 0 Å². The molecule has 0 saturated heterocycles. The number of hydrogen-bond acceptors (Lipinski definition) is 6. The van der Waals surface area contributed by atoms with E-state index < -0.39 is 6.04 Å². The molecular formula is C19H18N6O2. The van der Waals surface area contributed by atoms with Crippen molar-refractivity contribution in [3.8, 4) is 5.75 Å². The van der Waals surface area contributed by atoms with Crippen molar-refractivity contribution in [3.05, 3.63) is 72.0 Å². The van der Waals surface area contributed by atoms with Crippen molar-refractivity contribution < 1.29 is 9.53 Å². The first-order valence-electron chi connectivity index (χ1n) is 8.40. The van der Waals surface area contributed by atoms with Crippen LogP contribution in [0.25, 0.3) is 0 Å². The highest BCUT2D eigenvalue weighted by Crippen LogP contribution is 2.36. The van der Waals surface area contributed by atoms with Gasteiger partial charge in [-0.05, 0) is 36.8 Å². The van der Waals surface area contributed by atoms with Gasteiger partial charge < -0.3 is 15.4 Å². The molecule has 0 spiro atoms. The summed E-state index contributed by atoms with van der Waals surface area (Å²) < 4.78 is 7.04. The number of amides is 1. The minimum absolute atomic E-state index is 0.234. The van der Waals surface area contributed by atoms with Crippen molar-refractivity contribution >= 4 is 17.5 Å². The van der Waals surface area contributed by atoms with Gasteiger partial charge in [-0.1, -0.05) is 12.1 Å². The van der Waals surface area contributed by atoms with E-state index in [1.807, 2.05) is 31.2 Å². The Hall–Kier alpha value is -3.68. The van der Waals surface area contributed by atoms with Gasteiger partial charge in [0, 0.05) is 11.9 Å². The molecule has 1 atom stereocenters. The van der Waals surface area contributed by atoms with Crippen molar-refractivity contribution in [1.29, 1.82) is 0 Å². The summed E-state index contributed by atoms with van der Waals surface area (Å²) >= 11 is 0. The van der Waals surface area contributed by atoms with E-state index in [9.17, 15) is 4.79 Å². The highest BCUT2D eigenvalue weighted by Gasteiger charge is 2.33. The van der Waals surface area contributed by atoms with Gasteiger partial charge in [0.1, 0.15) is 18.1 Å². The predicted octanol–water partition coefficient (Wildman–Crippen LogP) is 2.61. The molecule has 2 aromatic heterocycles. The molecule has 0 radical (unpaired) electrons. The predicted molar refractivity (Wildman–Crippen MR) is 100 cm³/mol. The first-order chi connectivity index (χ1) is 13.2. The summed E-state index contributed by atoms with van der Waals surface area (Å²) in [5.41, 5.74) is 2.75. The zero-order chi connectivity index (χ0) is 18.8. The fourth-order valence-corrected chi connectivity index (χ4v) is 3.14.